The van der Waals surface area contributed by atoms with Crippen LogP contribution in [0.25, 0.3) is 16.5 Å². The summed E-state index contributed by atoms with van der Waals surface area (Å²) in [6, 6.07) is 11.5. The summed E-state index contributed by atoms with van der Waals surface area (Å²) < 4.78 is 7.62. The van der Waals surface area contributed by atoms with Crippen molar-refractivity contribution < 1.29 is 4.74 Å². The van der Waals surface area contributed by atoms with Crippen LogP contribution in [0.15, 0.2) is 59.7 Å². The Hall–Kier alpha value is -2.56. The summed E-state index contributed by atoms with van der Waals surface area (Å²) in [6.45, 7) is 0. The van der Waals surface area contributed by atoms with Crippen molar-refractivity contribution in [3.05, 3.63) is 82.2 Å². The number of hydrogen-bond acceptors (Lipinski definition) is 7. The van der Waals surface area contributed by atoms with Crippen molar-refractivity contribution in [2.45, 2.75) is 0 Å². The molecule has 0 unspecified atom stereocenters. The Morgan fingerprint density at radius 2 is 1.68 bits per heavy atom. The van der Waals surface area contributed by atoms with Crippen molar-refractivity contribution in [2.24, 2.45) is 0 Å². The number of aromatic nitrogens is 5. The summed E-state index contributed by atoms with van der Waals surface area (Å²) >= 11 is 6.74. The first-order valence-corrected chi connectivity index (χ1v) is 9.76. The Kier molecular flexibility index (Phi) is 6.93. The normalized spacial score (nSPS) is 10.4. The Morgan fingerprint density at radius 3 is 2.32 bits per heavy atom. The van der Waals surface area contributed by atoms with E-state index in [0.29, 0.717) is 25.5 Å². The van der Waals surface area contributed by atoms with Crippen LogP contribution in [0.4, 0.5) is 0 Å². The number of hydrogen-bond donors (Lipinski definition) is 2. The van der Waals surface area contributed by atoms with Crippen LogP contribution in [0.1, 0.15) is 5.69 Å². The Labute approximate surface area is 211 Å². The average molecular weight is 555 g/mol. The molecule has 13 heteroatoms. The maximum atomic E-state index is 12.1. The molecule has 0 saturated heterocycles. The van der Waals surface area contributed by atoms with Crippen LogP contribution >= 0.6 is 31.9 Å². The molecule has 0 fully saturated rings. The van der Waals surface area contributed by atoms with Crippen molar-refractivity contribution in [1.82, 2.24) is 25.0 Å². The average Bonchev–Trinajstić information content (AvgIpc) is 2.72. The zero-order valence-electron chi connectivity index (χ0n) is 15.6. The molecule has 2 N–H and O–H groups in total. The van der Waals surface area contributed by atoms with Crippen LogP contribution in [0.2, 0.25) is 0 Å². The first-order valence-electron chi connectivity index (χ1n) is 8.17. The third-order valence-electron chi connectivity index (χ3n) is 4.02. The molecule has 0 atom stereocenters. The summed E-state index contributed by atoms with van der Waals surface area (Å²) in [4.78, 5) is 37.7. The monoisotopic (exact) mass is 553 g/mol. The largest absolute Gasteiger partial charge is 0.435 e. The van der Waals surface area contributed by atoms with Crippen LogP contribution in [-0.4, -0.2) is 54.5 Å². The predicted octanol–water partition coefficient (Wildman–Crippen LogP) is 1.97. The molecule has 0 saturated carbocycles. The molecule has 4 rings (SSSR count). The number of halogens is 2. The van der Waals surface area contributed by atoms with Gasteiger partial charge in [-0.25, -0.2) is 9.89 Å². The molecule has 0 aliphatic carbocycles. The number of benzene rings is 2. The van der Waals surface area contributed by atoms with E-state index in [0.717, 1.165) is 4.68 Å². The maximum Gasteiger partial charge on any atom is 0.349 e. The van der Waals surface area contributed by atoms with E-state index in [-0.39, 0.29) is 46.7 Å². The van der Waals surface area contributed by atoms with Crippen molar-refractivity contribution >= 4 is 72.2 Å². The topological polar surface area (TPSA) is 147 Å². The number of aromatic amines is 2. The summed E-state index contributed by atoms with van der Waals surface area (Å²) in [5, 5.41) is 20.0. The standard InChI is InChI=1S/C18H8Br2N6O4.Na/c19-11-5-8(26-18(29)22-16(28)13(7-21)25-26)6-12(20)14(11)30-17-10-4-2-1-3-9(10)15(27)23-24-17;/h1-6H,(H,23,27)(H,22,28,29);. The number of rotatable bonds is 3. The maximum absolute atomic E-state index is 12.1. The predicted molar refractivity (Wildman–Crippen MR) is 119 cm³/mol. The molecule has 31 heavy (non-hydrogen) atoms. The van der Waals surface area contributed by atoms with Gasteiger partial charge >= 0.3 is 5.69 Å². The third kappa shape index (κ3) is 4.41. The molecule has 10 nitrogen and oxygen atoms in total. The molecule has 2 aromatic carbocycles. The van der Waals surface area contributed by atoms with Gasteiger partial charge in [0.25, 0.3) is 11.1 Å². The summed E-state index contributed by atoms with van der Waals surface area (Å²) in [6.07, 6.45) is 0. The van der Waals surface area contributed by atoms with E-state index in [4.69, 9.17) is 10.00 Å². The minimum absolute atomic E-state index is 0. The van der Waals surface area contributed by atoms with E-state index in [2.05, 4.69) is 47.2 Å². The zero-order chi connectivity index (χ0) is 21.4. The van der Waals surface area contributed by atoms with Gasteiger partial charge in [0, 0.05) is 29.6 Å². The van der Waals surface area contributed by atoms with Gasteiger partial charge in [-0.1, -0.05) is 12.1 Å². The minimum atomic E-state index is -0.868. The van der Waals surface area contributed by atoms with Crippen LogP contribution in [0.5, 0.6) is 11.6 Å². The molecular weight excluding hydrogens is 547 g/mol. The van der Waals surface area contributed by atoms with Gasteiger partial charge < -0.3 is 4.74 Å². The van der Waals surface area contributed by atoms with Crippen molar-refractivity contribution in [2.75, 3.05) is 0 Å². The van der Waals surface area contributed by atoms with E-state index in [1.165, 1.54) is 12.1 Å². The van der Waals surface area contributed by atoms with Gasteiger partial charge in [-0.3, -0.25) is 14.6 Å². The number of nitrogens with one attached hydrogen (secondary N) is 2. The molecule has 0 amide bonds. The molecule has 0 spiro atoms. The van der Waals surface area contributed by atoms with E-state index in [1.807, 2.05) is 4.98 Å². The molecular formula is C18H8Br2N6NaO4. The van der Waals surface area contributed by atoms with Gasteiger partial charge in [-0.2, -0.15) is 9.94 Å². The second-order valence-electron chi connectivity index (χ2n) is 5.88. The zero-order valence-corrected chi connectivity index (χ0v) is 20.8. The fourth-order valence-electron chi connectivity index (χ4n) is 2.68. The minimum Gasteiger partial charge on any atom is -0.435 e. The van der Waals surface area contributed by atoms with E-state index >= 15 is 0 Å². The number of fused-ring (bicyclic) bond motifs is 1. The van der Waals surface area contributed by atoms with Crippen LogP contribution in [0.3, 0.4) is 0 Å². The van der Waals surface area contributed by atoms with Gasteiger partial charge in [-0.15, -0.1) is 10.2 Å². The Bertz CT molecular complexity index is 1520. The molecule has 2 heterocycles. The van der Waals surface area contributed by atoms with Crippen molar-refractivity contribution in [3.8, 4) is 23.4 Å². The first kappa shape index (κ1) is 23.1. The first-order chi connectivity index (χ1) is 14.4. The summed E-state index contributed by atoms with van der Waals surface area (Å²) in [5.74, 6) is 0.492. The molecule has 0 aliphatic rings. The van der Waals surface area contributed by atoms with E-state index < -0.39 is 16.9 Å². The second kappa shape index (κ2) is 9.29. The molecule has 4 aromatic rings. The van der Waals surface area contributed by atoms with Crippen molar-refractivity contribution in [3.63, 3.8) is 0 Å². The van der Waals surface area contributed by atoms with Gasteiger partial charge in [0.15, 0.2) is 5.75 Å². The summed E-state index contributed by atoms with van der Waals surface area (Å²) in [5.41, 5.74) is -2.21. The van der Waals surface area contributed by atoms with Crippen LogP contribution < -0.4 is 21.5 Å². The third-order valence-corrected chi connectivity index (χ3v) is 5.20. The number of H-pyrrole nitrogens is 2. The van der Waals surface area contributed by atoms with Crippen molar-refractivity contribution in [1.29, 1.82) is 5.26 Å². The number of nitriles is 1. The quantitative estimate of drug-likeness (QED) is 0.368. The van der Waals surface area contributed by atoms with Gasteiger partial charge in [0.2, 0.25) is 11.6 Å². The van der Waals surface area contributed by atoms with Crippen LogP contribution in [-0.2, 0) is 0 Å². The fourth-order valence-corrected chi connectivity index (χ4v) is 4.00. The Balaban J connectivity index is 0.00000272. The van der Waals surface area contributed by atoms with Gasteiger partial charge in [-0.05, 0) is 56.1 Å². The smallest absolute Gasteiger partial charge is 0.349 e. The number of nitrogens with zero attached hydrogens (tertiary/aromatic N) is 4. The fraction of sp³-hybridized carbons (Fsp3) is 0. The SMILES string of the molecule is N#Cc1nn(-c2cc(Br)c(Oc3n[nH]c(=O)c4ccccc34)c(Br)c2)c(=O)[nH]c1=O.[Na]. The molecule has 1 radical (unpaired) electrons. The second-order valence-corrected chi connectivity index (χ2v) is 7.58. The molecule has 0 aliphatic heterocycles. The van der Waals surface area contributed by atoms with Gasteiger partial charge in [0.1, 0.15) is 6.07 Å². The van der Waals surface area contributed by atoms with Gasteiger partial charge in [0.05, 0.1) is 25.4 Å². The van der Waals surface area contributed by atoms with Crippen LogP contribution in [0, 0.1) is 11.3 Å². The van der Waals surface area contributed by atoms with E-state index in [9.17, 15) is 14.4 Å². The molecule has 2 aromatic heterocycles. The number of ether oxygens (including phenoxy) is 1. The summed E-state index contributed by atoms with van der Waals surface area (Å²) in [7, 11) is 0. The molecule has 149 valence electrons. The Morgan fingerprint density at radius 1 is 1.03 bits per heavy atom. The van der Waals surface area contributed by atoms with E-state index in [1.54, 1.807) is 30.3 Å². The molecule has 0 bridgehead atoms.